The van der Waals surface area contributed by atoms with Crippen LogP contribution in [0.25, 0.3) is 0 Å². The van der Waals surface area contributed by atoms with E-state index in [0.29, 0.717) is 0 Å². The molecule has 0 N–H and O–H groups in total. The van der Waals surface area contributed by atoms with Crippen molar-refractivity contribution in [3.05, 3.63) is 47.5 Å². The van der Waals surface area contributed by atoms with Crippen LogP contribution in [0.5, 0.6) is 0 Å². The molecule has 0 fully saturated rings. The lowest BCUT2D eigenvalue weighted by Gasteiger charge is -2.11. The first-order valence-electron chi connectivity index (χ1n) is 4.46. The summed E-state index contributed by atoms with van der Waals surface area (Å²) in [6.45, 7) is 7.70. The third kappa shape index (κ3) is 1.98. The Morgan fingerprint density at radius 3 is 2.79 bits per heavy atom. The average Bonchev–Trinajstić information content (AvgIpc) is 2.19. The Hall–Kier alpha value is -1.66. The van der Waals surface area contributed by atoms with Crippen molar-refractivity contribution in [2.75, 3.05) is 0 Å². The Morgan fingerprint density at radius 2 is 2.21 bits per heavy atom. The van der Waals surface area contributed by atoms with Gasteiger partial charge in [0, 0.05) is 0 Å². The van der Waals surface area contributed by atoms with E-state index in [9.17, 15) is 4.79 Å². The van der Waals surface area contributed by atoms with Gasteiger partial charge in [-0.05, 0) is 30.5 Å². The molecular formula is C12H13NO. The summed E-state index contributed by atoms with van der Waals surface area (Å²) in [5.74, 6) is 0. The molecule has 72 valence electrons. The fourth-order valence-corrected chi connectivity index (χ4v) is 1.40. The summed E-state index contributed by atoms with van der Waals surface area (Å²) >= 11 is 0. The van der Waals surface area contributed by atoms with E-state index in [4.69, 9.17) is 0 Å². The minimum atomic E-state index is -0.271. The standard InChI is InChI=1S/C12H13NO/c1-4-12(13-8-14)11-7-5-6-9(2)10(11)3/h4-7,12H,1H2,2-3H3. The molecule has 0 radical (unpaired) electrons. The van der Waals surface area contributed by atoms with Crippen LogP contribution in [0.3, 0.4) is 0 Å². The lowest BCUT2D eigenvalue weighted by Crippen LogP contribution is -1.96. The van der Waals surface area contributed by atoms with Gasteiger partial charge in [-0.15, -0.1) is 6.58 Å². The molecule has 0 spiro atoms. The second kappa shape index (κ2) is 4.54. The quantitative estimate of drug-likeness (QED) is 0.406. The molecule has 0 saturated heterocycles. The van der Waals surface area contributed by atoms with Gasteiger partial charge in [-0.1, -0.05) is 24.3 Å². The molecule has 0 heterocycles. The second-order valence-corrected chi connectivity index (χ2v) is 3.19. The Balaban J connectivity index is 3.22. The molecule has 0 aliphatic heterocycles. The van der Waals surface area contributed by atoms with Crippen LogP contribution in [0.4, 0.5) is 0 Å². The number of nitrogens with zero attached hydrogens (tertiary/aromatic N) is 1. The van der Waals surface area contributed by atoms with Crippen LogP contribution in [-0.4, -0.2) is 6.08 Å². The summed E-state index contributed by atoms with van der Waals surface area (Å²) in [7, 11) is 0. The van der Waals surface area contributed by atoms with Crippen molar-refractivity contribution >= 4 is 6.08 Å². The third-order valence-corrected chi connectivity index (χ3v) is 2.38. The summed E-state index contributed by atoms with van der Waals surface area (Å²) in [5.41, 5.74) is 3.36. The molecule has 2 heteroatoms. The summed E-state index contributed by atoms with van der Waals surface area (Å²) in [6, 6.07) is 5.67. The molecule has 0 aromatic heterocycles. The number of hydrogen-bond acceptors (Lipinski definition) is 2. The van der Waals surface area contributed by atoms with Crippen molar-refractivity contribution in [3.8, 4) is 0 Å². The molecule has 1 aromatic carbocycles. The molecule has 0 saturated carbocycles. The number of aliphatic imine (C=N–C) groups is 1. The smallest absolute Gasteiger partial charge is 0.211 e. The zero-order valence-electron chi connectivity index (χ0n) is 8.45. The molecule has 0 aliphatic carbocycles. The maximum Gasteiger partial charge on any atom is 0.235 e. The molecule has 14 heavy (non-hydrogen) atoms. The first-order chi connectivity index (χ1) is 6.70. The number of isocyanates is 1. The highest BCUT2D eigenvalue weighted by atomic mass is 16.1. The van der Waals surface area contributed by atoms with Gasteiger partial charge in [-0.3, -0.25) is 0 Å². The topological polar surface area (TPSA) is 29.4 Å². The summed E-state index contributed by atoms with van der Waals surface area (Å²) in [5, 5.41) is 0. The maximum absolute atomic E-state index is 10.2. The number of carbonyl (C=O) groups excluding carboxylic acids is 1. The highest BCUT2D eigenvalue weighted by Crippen LogP contribution is 2.23. The van der Waals surface area contributed by atoms with E-state index in [1.165, 1.54) is 5.56 Å². The Labute approximate surface area is 84.0 Å². The SMILES string of the molecule is C=CC(N=C=O)c1cccc(C)c1C. The summed E-state index contributed by atoms with van der Waals surface area (Å²) in [4.78, 5) is 13.9. The lowest BCUT2D eigenvalue weighted by atomic mass is 9.98. The molecule has 0 aliphatic rings. The van der Waals surface area contributed by atoms with Crippen LogP contribution in [0.2, 0.25) is 0 Å². The highest BCUT2D eigenvalue weighted by Gasteiger charge is 2.09. The van der Waals surface area contributed by atoms with Gasteiger partial charge in [0.25, 0.3) is 0 Å². The van der Waals surface area contributed by atoms with E-state index in [-0.39, 0.29) is 6.04 Å². The number of hydrogen-bond donors (Lipinski definition) is 0. The van der Waals surface area contributed by atoms with Gasteiger partial charge in [-0.25, -0.2) is 4.79 Å². The number of aryl methyl sites for hydroxylation is 1. The van der Waals surface area contributed by atoms with E-state index in [1.54, 1.807) is 12.2 Å². The average molecular weight is 187 g/mol. The van der Waals surface area contributed by atoms with E-state index in [1.807, 2.05) is 32.0 Å². The van der Waals surface area contributed by atoms with Gasteiger partial charge in [0.05, 0.1) is 0 Å². The highest BCUT2D eigenvalue weighted by molar-refractivity contribution is 5.41. The van der Waals surface area contributed by atoms with Crippen molar-refractivity contribution in [3.63, 3.8) is 0 Å². The van der Waals surface area contributed by atoms with Crippen LogP contribution in [0, 0.1) is 13.8 Å². The fraction of sp³-hybridized carbons (Fsp3) is 0.250. The van der Waals surface area contributed by atoms with Crippen molar-refractivity contribution in [2.24, 2.45) is 4.99 Å². The van der Waals surface area contributed by atoms with Crippen LogP contribution in [0.15, 0.2) is 35.8 Å². The predicted octanol–water partition coefficient (Wildman–Crippen LogP) is 2.87. The first kappa shape index (κ1) is 10.4. The minimum Gasteiger partial charge on any atom is -0.211 e. The molecule has 1 unspecified atom stereocenters. The first-order valence-corrected chi connectivity index (χ1v) is 4.46. The number of rotatable bonds is 3. The van der Waals surface area contributed by atoms with Crippen LogP contribution in [0.1, 0.15) is 22.7 Å². The van der Waals surface area contributed by atoms with Gasteiger partial charge in [0.1, 0.15) is 6.04 Å². The number of benzene rings is 1. The van der Waals surface area contributed by atoms with Gasteiger partial charge in [-0.2, -0.15) is 4.99 Å². The summed E-state index contributed by atoms with van der Waals surface area (Å²) in [6.07, 6.45) is 3.21. The fourth-order valence-electron chi connectivity index (χ4n) is 1.40. The van der Waals surface area contributed by atoms with Crippen molar-refractivity contribution in [1.29, 1.82) is 0 Å². The van der Waals surface area contributed by atoms with Crippen LogP contribution in [-0.2, 0) is 4.79 Å². The molecule has 1 aromatic rings. The Morgan fingerprint density at radius 1 is 1.50 bits per heavy atom. The monoisotopic (exact) mass is 187 g/mol. The molecule has 2 nitrogen and oxygen atoms in total. The van der Waals surface area contributed by atoms with E-state index in [0.717, 1.165) is 11.1 Å². The van der Waals surface area contributed by atoms with Crippen molar-refractivity contribution in [2.45, 2.75) is 19.9 Å². The van der Waals surface area contributed by atoms with E-state index < -0.39 is 0 Å². The molecular weight excluding hydrogens is 174 g/mol. The summed E-state index contributed by atoms with van der Waals surface area (Å²) < 4.78 is 0. The third-order valence-electron chi connectivity index (χ3n) is 2.38. The molecule has 0 amide bonds. The van der Waals surface area contributed by atoms with E-state index in [2.05, 4.69) is 11.6 Å². The minimum absolute atomic E-state index is 0.271. The Bertz CT molecular complexity index is 389. The van der Waals surface area contributed by atoms with Gasteiger partial charge < -0.3 is 0 Å². The molecule has 0 bridgehead atoms. The van der Waals surface area contributed by atoms with E-state index >= 15 is 0 Å². The van der Waals surface area contributed by atoms with Crippen LogP contribution < -0.4 is 0 Å². The lowest BCUT2D eigenvalue weighted by molar-refractivity contribution is 0.561. The van der Waals surface area contributed by atoms with Crippen molar-refractivity contribution in [1.82, 2.24) is 0 Å². The normalized spacial score (nSPS) is 11.6. The largest absolute Gasteiger partial charge is 0.235 e. The maximum atomic E-state index is 10.2. The zero-order valence-corrected chi connectivity index (χ0v) is 8.45. The Kier molecular flexibility index (Phi) is 3.38. The second-order valence-electron chi connectivity index (χ2n) is 3.19. The van der Waals surface area contributed by atoms with Gasteiger partial charge >= 0.3 is 0 Å². The zero-order chi connectivity index (χ0) is 10.6. The van der Waals surface area contributed by atoms with Crippen LogP contribution >= 0.6 is 0 Å². The van der Waals surface area contributed by atoms with Gasteiger partial charge in [0.2, 0.25) is 6.08 Å². The molecule has 1 rings (SSSR count). The predicted molar refractivity (Wildman–Crippen MR) is 57.0 cm³/mol. The van der Waals surface area contributed by atoms with Gasteiger partial charge in [0.15, 0.2) is 0 Å². The molecule has 1 atom stereocenters. The van der Waals surface area contributed by atoms with Crippen molar-refractivity contribution < 1.29 is 4.79 Å².